The first-order valence-electron chi connectivity index (χ1n) is 6.00. The van der Waals surface area contributed by atoms with E-state index in [-0.39, 0.29) is 17.3 Å². The van der Waals surface area contributed by atoms with Gasteiger partial charge in [-0.05, 0) is 24.3 Å². The molecule has 0 saturated heterocycles. The zero-order valence-corrected chi connectivity index (χ0v) is 11.0. The number of carbonyl (C=O) groups excluding carboxylic acids is 1. The van der Waals surface area contributed by atoms with Crippen molar-refractivity contribution in [1.29, 1.82) is 0 Å². The normalized spacial score (nSPS) is 11.1. The van der Waals surface area contributed by atoms with Gasteiger partial charge in [-0.1, -0.05) is 30.7 Å². The van der Waals surface area contributed by atoms with Crippen molar-refractivity contribution in [2.75, 3.05) is 0 Å². The molecule has 0 aliphatic heterocycles. The van der Waals surface area contributed by atoms with Crippen LogP contribution in [-0.2, 0) is 6.42 Å². The van der Waals surface area contributed by atoms with E-state index in [4.69, 9.17) is 20.4 Å². The highest BCUT2D eigenvalue weighted by atomic mass is 35.5. The van der Waals surface area contributed by atoms with E-state index in [1.165, 1.54) is 0 Å². The van der Waals surface area contributed by atoms with Crippen molar-refractivity contribution < 1.29 is 13.6 Å². The lowest BCUT2D eigenvalue weighted by molar-refractivity contribution is 0.0983. The molecule has 2 heterocycles. The van der Waals surface area contributed by atoms with Gasteiger partial charge in [0.1, 0.15) is 5.76 Å². The van der Waals surface area contributed by atoms with Gasteiger partial charge in [0.25, 0.3) is 5.78 Å². The lowest BCUT2D eigenvalue weighted by Crippen LogP contribution is -1.96. The summed E-state index contributed by atoms with van der Waals surface area (Å²) in [5, 5.41) is 1.29. The van der Waals surface area contributed by atoms with Crippen molar-refractivity contribution in [3.63, 3.8) is 0 Å². The fourth-order valence-electron chi connectivity index (χ4n) is 1.95. The van der Waals surface area contributed by atoms with Crippen LogP contribution in [0.3, 0.4) is 0 Å². The summed E-state index contributed by atoms with van der Waals surface area (Å²) in [7, 11) is 0. The van der Waals surface area contributed by atoms with Crippen molar-refractivity contribution in [1.82, 2.24) is 0 Å². The molecule has 0 saturated carbocycles. The van der Waals surface area contributed by atoms with Crippen molar-refractivity contribution in [3.05, 3.63) is 58.7 Å². The molecule has 0 bridgehead atoms. The predicted molar refractivity (Wildman–Crippen MR) is 72.7 cm³/mol. The SMILES string of the molecule is CCc1ccc(C(=O)c2cc3cccc(Cl)c3o2)o1. The number of carbonyl (C=O) groups is 1. The molecule has 0 fully saturated rings. The van der Waals surface area contributed by atoms with Crippen LogP contribution in [0.5, 0.6) is 0 Å². The number of aryl methyl sites for hydroxylation is 1. The molecule has 0 aliphatic rings. The van der Waals surface area contributed by atoms with Gasteiger partial charge in [0, 0.05) is 11.8 Å². The number of benzene rings is 1. The summed E-state index contributed by atoms with van der Waals surface area (Å²) in [4.78, 5) is 12.2. The molecule has 3 rings (SSSR count). The highest BCUT2D eigenvalue weighted by Gasteiger charge is 2.18. The minimum Gasteiger partial charge on any atom is -0.457 e. The highest BCUT2D eigenvalue weighted by Crippen LogP contribution is 2.28. The van der Waals surface area contributed by atoms with Crippen LogP contribution in [0.15, 0.2) is 45.2 Å². The second-order valence-corrected chi connectivity index (χ2v) is 4.62. The summed E-state index contributed by atoms with van der Waals surface area (Å²) in [5.41, 5.74) is 0.523. The maximum absolute atomic E-state index is 12.2. The Morgan fingerprint density at radius 1 is 1.16 bits per heavy atom. The van der Waals surface area contributed by atoms with Crippen molar-refractivity contribution in [3.8, 4) is 0 Å². The summed E-state index contributed by atoms with van der Waals surface area (Å²) < 4.78 is 10.9. The van der Waals surface area contributed by atoms with Crippen LogP contribution in [-0.4, -0.2) is 5.78 Å². The first kappa shape index (κ1) is 12.1. The van der Waals surface area contributed by atoms with Crippen LogP contribution in [0.25, 0.3) is 11.0 Å². The van der Waals surface area contributed by atoms with Gasteiger partial charge in [-0.15, -0.1) is 0 Å². The fraction of sp³-hybridized carbons (Fsp3) is 0.133. The van der Waals surface area contributed by atoms with Gasteiger partial charge in [-0.3, -0.25) is 4.79 Å². The number of furan rings is 2. The zero-order valence-electron chi connectivity index (χ0n) is 10.3. The summed E-state index contributed by atoms with van der Waals surface area (Å²) in [5.74, 6) is 1.02. The molecule has 0 unspecified atom stereocenters. The maximum atomic E-state index is 12.2. The molecule has 4 heteroatoms. The van der Waals surface area contributed by atoms with Gasteiger partial charge in [0.2, 0.25) is 0 Å². The van der Waals surface area contributed by atoms with Gasteiger partial charge < -0.3 is 8.83 Å². The topological polar surface area (TPSA) is 43.4 Å². The quantitative estimate of drug-likeness (QED) is 0.662. The van der Waals surface area contributed by atoms with E-state index in [1.807, 2.05) is 19.1 Å². The van der Waals surface area contributed by atoms with E-state index in [9.17, 15) is 4.79 Å². The largest absolute Gasteiger partial charge is 0.457 e. The zero-order chi connectivity index (χ0) is 13.4. The Morgan fingerprint density at radius 3 is 2.68 bits per heavy atom. The van der Waals surface area contributed by atoms with Crippen LogP contribution >= 0.6 is 11.6 Å². The van der Waals surface area contributed by atoms with E-state index >= 15 is 0 Å². The Morgan fingerprint density at radius 2 is 2.00 bits per heavy atom. The summed E-state index contributed by atoms with van der Waals surface area (Å²) in [6, 6.07) is 10.5. The fourth-order valence-corrected chi connectivity index (χ4v) is 2.17. The molecule has 2 aromatic heterocycles. The third kappa shape index (κ3) is 2.06. The van der Waals surface area contributed by atoms with Gasteiger partial charge in [0.15, 0.2) is 17.1 Å². The standard InChI is InChI=1S/C15H11ClO3/c1-2-10-6-7-12(18-10)14(17)13-8-9-4-3-5-11(16)15(9)19-13/h3-8H,2H2,1H3. The minimum absolute atomic E-state index is 0.236. The predicted octanol–water partition coefficient (Wildman–Crippen LogP) is 4.47. The van der Waals surface area contributed by atoms with Crippen molar-refractivity contribution in [2.24, 2.45) is 0 Å². The molecule has 0 N–H and O–H groups in total. The van der Waals surface area contributed by atoms with Crippen LogP contribution in [0.1, 0.15) is 29.0 Å². The highest BCUT2D eigenvalue weighted by molar-refractivity contribution is 6.35. The molecular weight excluding hydrogens is 264 g/mol. The second kappa shape index (κ2) is 4.59. The van der Waals surface area contributed by atoms with E-state index in [0.29, 0.717) is 10.6 Å². The van der Waals surface area contributed by atoms with Crippen molar-refractivity contribution >= 4 is 28.4 Å². The van der Waals surface area contributed by atoms with E-state index < -0.39 is 0 Å². The smallest absolute Gasteiger partial charge is 0.263 e. The van der Waals surface area contributed by atoms with Crippen LogP contribution in [0.4, 0.5) is 0 Å². The van der Waals surface area contributed by atoms with Crippen LogP contribution in [0, 0.1) is 0 Å². The van der Waals surface area contributed by atoms with Gasteiger partial charge in [-0.2, -0.15) is 0 Å². The Balaban J connectivity index is 2.04. The van der Waals surface area contributed by atoms with Crippen LogP contribution < -0.4 is 0 Å². The van der Waals surface area contributed by atoms with E-state index in [2.05, 4.69) is 0 Å². The number of para-hydroxylation sites is 1. The van der Waals surface area contributed by atoms with Gasteiger partial charge in [0.05, 0.1) is 5.02 Å². The molecule has 3 nitrogen and oxygen atoms in total. The molecule has 96 valence electrons. The maximum Gasteiger partial charge on any atom is 0.263 e. The Labute approximate surface area is 114 Å². The van der Waals surface area contributed by atoms with E-state index in [0.717, 1.165) is 17.6 Å². The number of halogens is 1. The average Bonchev–Trinajstić information content (AvgIpc) is 3.05. The second-order valence-electron chi connectivity index (χ2n) is 4.22. The molecular formula is C15H11ClO3. The number of hydrogen-bond acceptors (Lipinski definition) is 3. The summed E-state index contributed by atoms with van der Waals surface area (Å²) in [6.07, 6.45) is 0.749. The third-order valence-corrected chi connectivity index (χ3v) is 3.25. The molecule has 0 aliphatic carbocycles. The average molecular weight is 275 g/mol. The monoisotopic (exact) mass is 274 g/mol. The lowest BCUT2D eigenvalue weighted by Gasteiger charge is -1.92. The third-order valence-electron chi connectivity index (χ3n) is 2.95. The Bertz CT molecular complexity index is 752. The van der Waals surface area contributed by atoms with Gasteiger partial charge in [-0.25, -0.2) is 0 Å². The molecule has 0 spiro atoms. The molecule has 0 radical (unpaired) electrons. The summed E-state index contributed by atoms with van der Waals surface area (Å²) >= 11 is 6.02. The van der Waals surface area contributed by atoms with Crippen LogP contribution in [0.2, 0.25) is 5.02 Å². The summed E-state index contributed by atoms with van der Waals surface area (Å²) in [6.45, 7) is 1.97. The van der Waals surface area contributed by atoms with Gasteiger partial charge >= 0.3 is 0 Å². The Kier molecular flexibility index (Phi) is 2.91. The molecule has 0 atom stereocenters. The minimum atomic E-state index is -0.271. The van der Waals surface area contributed by atoms with E-state index in [1.54, 1.807) is 24.3 Å². The first-order chi connectivity index (χ1) is 9.19. The Hall–Kier alpha value is -2.00. The number of ketones is 1. The molecule has 3 aromatic rings. The molecule has 19 heavy (non-hydrogen) atoms. The first-order valence-corrected chi connectivity index (χ1v) is 6.38. The molecule has 0 amide bonds. The molecule has 1 aromatic carbocycles. The number of fused-ring (bicyclic) bond motifs is 1. The number of hydrogen-bond donors (Lipinski definition) is 0. The number of rotatable bonds is 3. The van der Waals surface area contributed by atoms with Crippen molar-refractivity contribution in [2.45, 2.75) is 13.3 Å². The lowest BCUT2D eigenvalue weighted by atomic mass is 10.2.